The van der Waals surface area contributed by atoms with Crippen LogP contribution < -0.4 is 0 Å². The Morgan fingerprint density at radius 2 is 1.90 bits per heavy atom. The van der Waals surface area contributed by atoms with Crippen molar-refractivity contribution in [1.82, 2.24) is 9.80 Å². The summed E-state index contributed by atoms with van der Waals surface area (Å²) in [6.45, 7) is 6.18. The third-order valence-electron chi connectivity index (χ3n) is 5.10. The van der Waals surface area contributed by atoms with Crippen LogP contribution in [0.2, 0.25) is 0 Å². The summed E-state index contributed by atoms with van der Waals surface area (Å²) < 4.78 is 5.50. The van der Waals surface area contributed by atoms with Gasteiger partial charge in [0.2, 0.25) is 0 Å². The predicted octanol–water partition coefficient (Wildman–Crippen LogP) is 2.51. The predicted molar refractivity (Wildman–Crippen MR) is 79.7 cm³/mol. The maximum absolute atomic E-state index is 5.50. The molecule has 4 aliphatic rings. The smallest absolute Gasteiger partial charge is 0.0762 e. The maximum atomic E-state index is 5.50. The molecule has 2 saturated heterocycles. The lowest BCUT2D eigenvalue weighted by atomic mass is 9.85. The van der Waals surface area contributed by atoms with Crippen LogP contribution in [0, 0.1) is 11.8 Å². The van der Waals surface area contributed by atoms with E-state index in [4.69, 9.17) is 4.74 Å². The molecule has 0 aromatic carbocycles. The number of nitrogens with zero attached hydrogens (tertiary/aromatic N) is 2. The second-order valence-electron chi connectivity index (χ2n) is 6.11. The molecule has 3 heterocycles. The van der Waals surface area contributed by atoms with Gasteiger partial charge in [0.25, 0.3) is 0 Å². The normalized spacial score (nSPS) is 35.5. The molecule has 3 aliphatic heterocycles. The van der Waals surface area contributed by atoms with Gasteiger partial charge in [-0.3, -0.25) is 0 Å². The Balaban J connectivity index is 1.66. The monoisotopic (exact) mass is 270 g/mol. The van der Waals surface area contributed by atoms with Gasteiger partial charge in [0, 0.05) is 36.6 Å². The number of allylic oxidation sites excluding steroid dienone is 6. The van der Waals surface area contributed by atoms with Gasteiger partial charge in [-0.15, -0.1) is 0 Å². The van der Waals surface area contributed by atoms with Gasteiger partial charge >= 0.3 is 0 Å². The molecule has 0 aromatic rings. The molecule has 3 atom stereocenters. The molecule has 20 heavy (non-hydrogen) atoms. The van der Waals surface area contributed by atoms with Gasteiger partial charge in [-0.25, -0.2) is 0 Å². The van der Waals surface area contributed by atoms with Gasteiger partial charge in [0.05, 0.1) is 19.3 Å². The summed E-state index contributed by atoms with van der Waals surface area (Å²) in [7, 11) is 0. The zero-order valence-electron chi connectivity index (χ0n) is 12.0. The Kier molecular flexibility index (Phi) is 2.95. The summed E-state index contributed by atoms with van der Waals surface area (Å²) in [5, 5.41) is 0. The van der Waals surface area contributed by atoms with E-state index in [1.165, 1.54) is 17.8 Å². The highest BCUT2D eigenvalue weighted by Crippen LogP contribution is 2.46. The first-order valence-corrected chi connectivity index (χ1v) is 7.72. The SMILES string of the molecule is CC1C2CC=CC=C2N2C=CC=C(N3CCOCC3)C12. The minimum Gasteiger partial charge on any atom is -0.378 e. The van der Waals surface area contributed by atoms with Crippen LogP contribution in [-0.2, 0) is 4.74 Å². The Labute approximate surface area is 120 Å². The lowest BCUT2D eigenvalue weighted by molar-refractivity contribution is 0.0461. The second-order valence-corrected chi connectivity index (χ2v) is 6.11. The Bertz CT molecular complexity index is 511. The first kappa shape index (κ1) is 12.3. The van der Waals surface area contributed by atoms with E-state index in [-0.39, 0.29) is 0 Å². The van der Waals surface area contributed by atoms with Crippen LogP contribution in [0.15, 0.2) is 48.0 Å². The molecule has 4 rings (SSSR count). The highest BCUT2D eigenvalue weighted by atomic mass is 16.5. The highest BCUT2D eigenvalue weighted by Gasteiger charge is 2.45. The topological polar surface area (TPSA) is 15.7 Å². The third-order valence-corrected chi connectivity index (χ3v) is 5.10. The molecule has 0 amide bonds. The van der Waals surface area contributed by atoms with E-state index < -0.39 is 0 Å². The average molecular weight is 270 g/mol. The van der Waals surface area contributed by atoms with Crippen molar-refractivity contribution in [1.29, 1.82) is 0 Å². The highest BCUT2D eigenvalue weighted by molar-refractivity contribution is 5.36. The van der Waals surface area contributed by atoms with Crippen molar-refractivity contribution >= 4 is 0 Å². The van der Waals surface area contributed by atoms with Crippen LogP contribution in [0.1, 0.15) is 13.3 Å². The molecule has 0 radical (unpaired) electrons. The molecule has 3 nitrogen and oxygen atoms in total. The van der Waals surface area contributed by atoms with Crippen molar-refractivity contribution in [2.24, 2.45) is 11.8 Å². The lowest BCUT2D eigenvalue weighted by Crippen LogP contribution is -2.44. The fraction of sp³-hybridized carbons (Fsp3) is 0.529. The Morgan fingerprint density at radius 3 is 2.75 bits per heavy atom. The molecule has 0 spiro atoms. The Hall–Kier alpha value is -1.48. The summed E-state index contributed by atoms with van der Waals surface area (Å²) in [6, 6.07) is 0.509. The molecule has 2 fully saturated rings. The zero-order valence-corrected chi connectivity index (χ0v) is 12.0. The maximum Gasteiger partial charge on any atom is 0.0762 e. The van der Waals surface area contributed by atoms with E-state index in [0.717, 1.165) is 26.3 Å². The van der Waals surface area contributed by atoms with Gasteiger partial charge in [-0.2, -0.15) is 0 Å². The number of rotatable bonds is 1. The van der Waals surface area contributed by atoms with Crippen LogP contribution in [0.3, 0.4) is 0 Å². The number of fused-ring (bicyclic) bond motifs is 3. The van der Waals surface area contributed by atoms with E-state index in [2.05, 4.69) is 53.3 Å². The summed E-state index contributed by atoms with van der Waals surface area (Å²) in [4.78, 5) is 5.02. The molecule has 0 saturated carbocycles. The molecular weight excluding hydrogens is 248 g/mol. The van der Waals surface area contributed by atoms with Crippen molar-refractivity contribution in [2.45, 2.75) is 19.4 Å². The Morgan fingerprint density at radius 1 is 1.10 bits per heavy atom. The number of hydrogen-bond donors (Lipinski definition) is 0. The first-order valence-electron chi connectivity index (χ1n) is 7.72. The average Bonchev–Trinajstić information content (AvgIpc) is 2.82. The number of morpholine rings is 1. The van der Waals surface area contributed by atoms with Crippen molar-refractivity contribution in [3.8, 4) is 0 Å². The number of ether oxygens (including phenoxy) is 1. The molecule has 0 bridgehead atoms. The van der Waals surface area contributed by atoms with Gasteiger partial charge in [-0.1, -0.05) is 19.1 Å². The minimum absolute atomic E-state index is 0.509. The summed E-state index contributed by atoms with van der Waals surface area (Å²) in [5.74, 6) is 1.35. The lowest BCUT2D eigenvalue weighted by Gasteiger charge is -2.39. The van der Waals surface area contributed by atoms with Gasteiger partial charge in [-0.05, 0) is 30.6 Å². The third kappa shape index (κ3) is 1.76. The quantitative estimate of drug-likeness (QED) is 0.728. The van der Waals surface area contributed by atoms with Crippen molar-refractivity contribution in [3.05, 3.63) is 48.0 Å². The van der Waals surface area contributed by atoms with Gasteiger partial charge < -0.3 is 14.5 Å². The van der Waals surface area contributed by atoms with E-state index in [1.54, 1.807) is 0 Å². The molecule has 0 aromatic heterocycles. The van der Waals surface area contributed by atoms with Crippen LogP contribution >= 0.6 is 0 Å². The molecule has 1 aliphatic carbocycles. The molecule has 3 heteroatoms. The fourth-order valence-electron chi connectivity index (χ4n) is 4.07. The van der Waals surface area contributed by atoms with Gasteiger partial charge in [0.1, 0.15) is 0 Å². The zero-order chi connectivity index (χ0) is 13.5. The molecular formula is C17H22N2O. The van der Waals surface area contributed by atoms with Crippen LogP contribution in [0.25, 0.3) is 0 Å². The van der Waals surface area contributed by atoms with Gasteiger partial charge in [0.15, 0.2) is 0 Å². The summed E-state index contributed by atoms with van der Waals surface area (Å²) >= 11 is 0. The van der Waals surface area contributed by atoms with Crippen molar-refractivity contribution in [2.75, 3.05) is 26.3 Å². The van der Waals surface area contributed by atoms with E-state index in [0.29, 0.717) is 17.9 Å². The van der Waals surface area contributed by atoms with E-state index in [9.17, 15) is 0 Å². The standard InChI is InChI=1S/C17H22N2O/c1-13-14-5-2-3-6-15(14)19-8-4-7-16(17(13)19)18-9-11-20-12-10-18/h2-4,6-8,13-14,17H,5,9-12H2,1H3. The molecule has 3 unspecified atom stereocenters. The van der Waals surface area contributed by atoms with E-state index in [1.807, 2.05) is 0 Å². The fourth-order valence-corrected chi connectivity index (χ4v) is 4.07. The van der Waals surface area contributed by atoms with Crippen LogP contribution in [-0.4, -0.2) is 42.1 Å². The van der Waals surface area contributed by atoms with Crippen molar-refractivity contribution < 1.29 is 4.74 Å². The minimum atomic E-state index is 0.509. The van der Waals surface area contributed by atoms with Crippen LogP contribution in [0.5, 0.6) is 0 Å². The van der Waals surface area contributed by atoms with Crippen molar-refractivity contribution in [3.63, 3.8) is 0 Å². The molecule has 0 N–H and O–H groups in total. The first-order chi connectivity index (χ1) is 9.86. The number of hydrogen-bond acceptors (Lipinski definition) is 3. The van der Waals surface area contributed by atoms with E-state index >= 15 is 0 Å². The summed E-state index contributed by atoms with van der Waals surface area (Å²) in [6.07, 6.45) is 14.8. The molecule has 106 valence electrons. The summed E-state index contributed by atoms with van der Waals surface area (Å²) in [5.41, 5.74) is 2.98. The largest absolute Gasteiger partial charge is 0.378 e. The second kappa shape index (κ2) is 4.81. The van der Waals surface area contributed by atoms with Crippen LogP contribution in [0.4, 0.5) is 0 Å².